The van der Waals surface area contributed by atoms with E-state index in [2.05, 4.69) is 0 Å². The van der Waals surface area contributed by atoms with Crippen LogP contribution in [0.2, 0.25) is 0 Å². The number of hydrogen-bond acceptors (Lipinski definition) is 2. The van der Waals surface area contributed by atoms with Crippen molar-refractivity contribution in [2.75, 3.05) is 5.73 Å². The minimum absolute atomic E-state index is 0.183. The van der Waals surface area contributed by atoms with E-state index in [0.29, 0.717) is 0 Å². The number of rotatable bonds is 3. The number of hydrogen-bond donors (Lipinski definition) is 1. The monoisotopic (exact) mass is 241 g/mol. The van der Waals surface area contributed by atoms with Gasteiger partial charge in [0, 0.05) is 11.3 Å². The number of carbonyl (C=O) groups excluding carboxylic acids is 1. The Morgan fingerprint density at radius 2 is 1.83 bits per heavy atom. The number of nitrogens with two attached hydrogens (primary N) is 1. The molecule has 2 aromatic rings. The molecule has 0 heterocycles. The second-order valence-electron chi connectivity index (χ2n) is 3.84. The predicted molar refractivity (Wildman–Crippen MR) is 70.6 cm³/mol. The summed E-state index contributed by atoms with van der Waals surface area (Å²) in [6.07, 6.45) is 3.06. The molecule has 3 heteroatoms. The fourth-order valence-electron chi connectivity index (χ4n) is 1.57. The maximum absolute atomic E-state index is 13.0. The molecule has 0 atom stereocenters. The van der Waals surface area contributed by atoms with Gasteiger partial charge < -0.3 is 5.73 Å². The van der Waals surface area contributed by atoms with Gasteiger partial charge in [-0.25, -0.2) is 4.39 Å². The number of benzene rings is 2. The van der Waals surface area contributed by atoms with Crippen molar-refractivity contribution >= 4 is 17.5 Å². The molecule has 2 N–H and O–H groups in total. The van der Waals surface area contributed by atoms with Crippen LogP contribution in [0.3, 0.4) is 0 Å². The van der Waals surface area contributed by atoms with Gasteiger partial charge in [0.05, 0.1) is 0 Å². The lowest BCUT2D eigenvalue weighted by atomic mass is 10.1. The highest BCUT2D eigenvalue weighted by Crippen LogP contribution is 2.15. The van der Waals surface area contributed by atoms with Gasteiger partial charge >= 0.3 is 0 Å². The third-order valence-electron chi connectivity index (χ3n) is 2.51. The van der Waals surface area contributed by atoms with Gasteiger partial charge in [-0.3, -0.25) is 4.79 Å². The Morgan fingerprint density at radius 1 is 1.11 bits per heavy atom. The van der Waals surface area contributed by atoms with E-state index in [1.807, 2.05) is 30.3 Å². The van der Waals surface area contributed by atoms with Crippen molar-refractivity contribution in [2.45, 2.75) is 0 Å². The molecule has 0 amide bonds. The van der Waals surface area contributed by atoms with E-state index in [1.54, 1.807) is 6.08 Å². The highest BCUT2D eigenvalue weighted by molar-refractivity contribution is 6.10. The standard InChI is InChI=1S/C15H12FNO/c16-12-7-8-14(17)13(10-12)15(18)9-6-11-4-2-1-3-5-11/h1-10H,17H2/b9-6+. The number of nitrogen functional groups attached to an aromatic ring is 1. The zero-order chi connectivity index (χ0) is 13.0. The second kappa shape index (κ2) is 5.27. The Bertz CT molecular complexity index is 591. The van der Waals surface area contributed by atoms with Crippen molar-refractivity contribution < 1.29 is 9.18 Å². The summed E-state index contributed by atoms with van der Waals surface area (Å²) in [6, 6.07) is 13.2. The summed E-state index contributed by atoms with van der Waals surface area (Å²) in [5.41, 5.74) is 7.00. The molecule has 0 fully saturated rings. The van der Waals surface area contributed by atoms with Crippen LogP contribution in [0.5, 0.6) is 0 Å². The number of ketones is 1. The zero-order valence-electron chi connectivity index (χ0n) is 9.64. The Balaban J connectivity index is 2.22. The van der Waals surface area contributed by atoms with Crippen LogP contribution in [0, 0.1) is 5.82 Å². The number of allylic oxidation sites excluding steroid dienone is 1. The van der Waals surface area contributed by atoms with Gasteiger partial charge in [0.25, 0.3) is 0 Å². The van der Waals surface area contributed by atoms with Crippen LogP contribution >= 0.6 is 0 Å². The first-order chi connectivity index (χ1) is 8.66. The number of anilines is 1. The summed E-state index contributed by atoms with van der Waals surface area (Å²) in [5.74, 6) is -0.781. The Kier molecular flexibility index (Phi) is 3.53. The van der Waals surface area contributed by atoms with Gasteiger partial charge in [0.1, 0.15) is 5.82 Å². The first-order valence-corrected chi connectivity index (χ1v) is 5.49. The molecule has 0 bridgehead atoms. The Morgan fingerprint density at radius 3 is 2.56 bits per heavy atom. The quantitative estimate of drug-likeness (QED) is 0.509. The third-order valence-corrected chi connectivity index (χ3v) is 2.51. The lowest BCUT2D eigenvalue weighted by Crippen LogP contribution is -2.01. The third kappa shape index (κ3) is 2.83. The van der Waals surface area contributed by atoms with Gasteiger partial charge in [-0.15, -0.1) is 0 Å². The van der Waals surface area contributed by atoms with Crippen molar-refractivity contribution in [3.8, 4) is 0 Å². The maximum atomic E-state index is 13.0. The fourth-order valence-corrected chi connectivity index (χ4v) is 1.57. The molecule has 18 heavy (non-hydrogen) atoms. The van der Waals surface area contributed by atoms with E-state index < -0.39 is 5.82 Å². The first-order valence-electron chi connectivity index (χ1n) is 5.49. The minimum atomic E-state index is -0.472. The lowest BCUT2D eigenvalue weighted by Gasteiger charge is -2.01. The summed E-state index contributed by atoms with van der Waals surface area (Å²) in [7, 11) is 0. The van der Waals surface area contributed by atoms with Gasteiger partial charge in [-0.2, -0.15) is 0 Å². The summed E-state index contributed by atoms with van der Waals surface area (Å²) in [5, 5.41) is 0. The summed E-state index contributed by atoms with van der Waals surface area (Å²) >= 11 is 0. The largest absolute Gasteiger partial charge is 0.398 e. The first kappa shape index (κ1) is 12.0. The maximum Gasteiger partial charge on any atom is 0.188 e. The number of carbonyl (C=O) groups is 1. The molecule has 0 spiro atoms. The van der Waals surface area contributed by atoms with E-state index in [1.165, 1.54) is 18.2 Å². The summed E-state index contributed by atoms with van der Waals surface area (Å²) in [4.78, 5) is 11.9. The van der Waals surface area contributed by atoms with Crippen molar-refractivity contribution in [1.29, 1.82) is 0 Å². The minimum Gasteiger partial charge on any atom is -0.398 e. The topological polar surface area (TPSA) is 43.1 Å². The van der Waals surface area contributed by atoms with Gasteiger partial charge in [-0.1, -0.05) is 36.4 Å². The SMILES string of the molecule is Nc1ccc(F)cc1C(=O)/C=C/c1ccccc1. The molecule has 0 aromatic heterocycles. The molecule has 0 aliphatic carbocycles. The normalized spacial score (nSPS) is 10.7. The van der Waals surface area contributed by atoms with E-state index in [-0.39, 0.29) is 17.0 Å². The van der Waals surface area contributed by atoms with Crippen molar-refractivity contribution in [3.63, 3.8) is 0 Å². The molecule has 2 rings (SSSR count). The highest BCUT2D eigenvalue weighted by atomic mass is 19.1. The average Bonchev–Trinajstić information content (AvgIpc) is 2.40. The molecule has 2 nitrogen and oxygen atoms in total. The smallest absolute Gasteiger partial charge is 0.188 e. The van der Waals surface area contributed by atoms with E-state index in [9.17, 15) is 9.18 Å². The van der Waals surface area contributed by atoms with Crippen molar-refractivity contribution in [2.24, 2.45) is 0 Å². The van der Waals surface area contributed by atoms with Crippen LogP contribution in [-0.2, 0) is 0 Å². The molecule has 90 valence electrons. The lowest BCUT2D eigenvalue weighted by molar-refractivity contribution is 0.104. The van der Waals surface area contributed by atoms with Crippen LogP contribution < -0.4 is 5.73 Å². The van der Waals surface area contributed by atoms with E-state index in [4.69, 9.17) is 5.73 Å². The Hall–Kier alpha value is -2.42. The predicted octanol–water partition coefficient (Wildman–Crippen LogP) is 3.30. The zero-order valence-corrected chi connectivity index (χ0v) is 9.64. The molecule has 0 unspecified atom stereocenters. The van der Waals surface area contributed by atoms with Crippen LogP contribution in [0.4, 0.5) is 10.1 Å². The van der Waals surface area contributed by atoms with Crippen LogP contribution in [0.1, 0.15) is 15.9 Å². The molecular weight excluding hydrogens is 229 g/mol. The van der Waals surface area contributed by atoms with E-state index in [0.717, 1.165) is 11.6 Å². The summed E-state index contributed by atoms with van der Waals surface area (Å²) in [6.45, 7) is 0. The second-order valence-corrected chi connectivity index (χ2v) is 3.84. The van der Waals surface area contributed by atoms with Crippen molar-refractivity contribution in [3.05, 3.63) is 71.6 Å². The summed E-state index contributed by atoms with van der Waals surface area (Å²) < 4.78 is 13.0. The molecule has 2 aromatic carbocycles. The average molecular weight is 241 g/mol. The molecular formula is C15H12FNO. The van der Waals surface area contributed by atoms with Crippen LogP contribution in [-0.4, -0.2) is 5.78 Å². The number of halogens is 1. The highest BCUT2D eigenvalue weighted by Gasteiger charge is 2.07. The Labute approximate surface area is 105 Å². The van der Waals surface area contributed by atoms with E-state index >= 15 is 0 Å². The molecule has 0 radical (unpaired) electrons. The molecule has 0 aliphatic heterocycles. The van der Waals surface area contributed by atoms with Gasteiger partial charge in [0.15, 0.2) is 5.78 Å². The fraction of sp³-hybridized carbons (Fsp3) is 0. The molecule has 0 saturated heterocycles. The van der Waals surface area contributed by atoms with Gasteiger partial charge in [0.2, 0.25) is 0 Å². The van der Waals surface area contributed by atoms with Crippen LogP contribution in [0.25, 0.3) is 6.08 Å². The van der Waals surface area contributed by atoms with Gasteiger partial charge in [-0.05, 0) is 29.8 Å². The van der Waals surface area contributed by atoms with Crippen LogP contribution in [0.15, 0.2) is 54.6 Å². The molecule has 0 aliphatic rings. The van der Waals surface area contributed by atoms with Crippen molar-refractivity contribution in [1.82, 2.24) is 0 Å². The molecule has 0 saturated carbocycles.